The molecule has 0 radical (unpaired) electrons. The molecular formula is C11H17N3S. The molecule has 4 heteroatoms. The van der Waals surface area contributed by atoms with E-state index in [1.165, 1.54) is 22.8 Å². The highest BCUT2D eigenvalue weighted by atomic mass is 32.2. The standard InChI is InChI=1S/C11H17N3S/c1-12-8-10-2-3-13-9-11(10)14-4-6-15-7-5-14/h2-3,9,12H,4-8H2,1H3. The van der Waals surface area contributed by atoms with Crippen molar-refractivity contribution in [3.05, 3.63) is 24.0 Å². The minimum absolute atomic E-state index is 0.918. The van der Waals surface area contributed by atoms with Crippen LogP contribution >= 0.6 is 11.8 Å². The quantitative estimate of drug-likeness (QED) is 0.837. The van der Waals surface area contributed by atoms with Gasteiger partial charge in [-0.15, -0.1) is 0 Å². The number of pyridine rings is 1. The van der Waals surface area contributed by atoms with E-state index in [1.807, 2.05) is 31.2 Å². The fourth-order valence-electron chi connectivity index (χ4n) is 1.84. The van der Waals surface area contributed by atoms with Crippen LogP contribution in [0.15, 0.2) is 18.5 Å². The Morgan fingerprint density at radius 2 is 2.27 bits per heavy atom. The van der Waals surface area contributed by atoms with Gasteiger partial charge in [-0.05, 0) is 18.7 Å². The number of nitrogens with one attached hydrogen (secondary N) is 1. The third-order valence-corrected chi connectivity index (χ3v) is 3.55. The summed E-state index contributed by atoms with van der Waals surface area (Å²) in [5, 5.41) is 3.20. The first-order valence-electron chi connectivity index (χ1n) is 5.32. The molecule has 0 saturated carbocycles. The van der Waals surface area contributed by atoms with E-state index in [-0.39, 0.29) is 0 Å². The Morgan fingerprint density at radius 3 is 3.00 bits per heavy atom. The first kappa shape index (κ1) is 10.8. The molecule has 0 unspecified atom stereocenters. The second-order valence-electron chi connectivity index (χ2n) is 3.63. The number of hydrogen-bond donors (Lipinski definition) is 1. The molecule has 3 nitrogen and oxygen atoms in total. The van der Waals surface area contributed by atoms with Gasteiger partial charge in [-0.25, -0.2) is 0 Å². The van der Waals surface area contributed by atoms with Crippen LogP contribution in [0.4, 0.5) is 5.69 Å². The maximum atomic E-state index is 4.23. The molecule has 0 spiro atoms. The van der Waals surface area contributed by atoms with Crippen molar-refractivity contribution >= 4 is 17.4 Å². The average Bonchev–Trinajstić information content (AvgIpc) is 2.31. The molecule has 15 heavy (non-hydrogen) atoms. The molecule has 1 aliphatic heterocycles. The summed E-state index contributed by atoms with van der Waals surface area (Å²) in [5.74, 6) is 2.46. The first-order chi connectivity index (χ1) is 7.42. The zero-order valence-electron chi connectivity index (χ0n) is 9.07. The SMILES string of the molecule is CNCc1ccncc1N1CCSCC1. The van der Waals surface area contributed by atoms with E-state index in [9.17, 15) is 0 Å². The van der Waals surface area contributed by atoms with Gasteiger partial charge in [0, 0.05) is 37.3 Å². The van der Waals surface area contributed by atoms with Crippen LogP contribution in [0.5, 0.6) is 0 Å². The summed E-state index contributed by atoms with van der Waals surface area (Å²) < 4.78 is 0. The molecule has 1 aromatic heterocycles. The lowest BCUT2D eigenvalue weighted by Gasteiger charge is -2.29. The van der Waals surface area contributed by atoms with Gasteiger partial charge in [0.25, 0.3) is 0 Å². The minimum atomic E-state index is 0.918. The van der Waals surface area contributed by atoms with Crippen LogP contribution < -0.4 is 10.2 Å². The van der Waals surface area contributed by atoms with Gasteiger partial charge in [-0.3, -0.25) is 4.98 Å². The Labute approximate surface area is 95.3 Å². The molecule has 1 fully saturated rings. The van der Waals surface area contributed by atoms with E-state index in [2.05, 4.69) is 21.3 Å². The topological polar surface area (TPSA) is 28.2 Å². The lowest BCUT2D eigenvalue weighted by Crippen LogP contribution is -2.33. The number of anilines is 1. The van der Waals surface area contributed by atoms with Gasteiger partial charge < -0.3 is 10.2 Å². The predicted molar refractivity (Wildman–Crippen MR) is 66.5 cm³/mol. The van der Waals surface area contributed by atoms with Gasteiger partial charge in [-0.2, -0.15) is 11.8 Å². The lowest BCUT2D eigenvalue weighted by molar-refractivity contribution is 0.791. The molecule has 0 aromatic carbocycles. The summed E-state index contributed by atoms with van der Waals surface area (Å²) in [7, 11) is 1.98. The van der Waals surface area contributed by atoms with Crippen LogP contribution in [0, 0.1) is 0 Å². The minimum Gasteiger partial charge on any atom is -0.368 e. The summed E-state index contributed by atoms with van der Waals surface area (Å²) in [6.07, 6.45) is 3.86. The van der Waals surface area contributed by atoms with Crippen LogP contribution in [-0.4, -0.2) is 36.6 Å². The van der Waals surface area contributed by atoms with Gasteiger partial charge in [0.1, 0.15) is 0 Å². The Balaban J connectivity index is 2.17. The highest BCUT2D eigenvalue weighted by molar-refractivity contribution is 7.99. The van der Waals surface area contributed by atoms with Crippen LogP contribution in [0.25, 0.3) is 0 Å². The second-order valence-corrected chi connectivity index (χ2v) is 4.86. The summed E-state index contributed by atoms with van der Waals surface area (Å²) in [5.41, 5.74) is 2.64. The number of aromatic nitrogens is 1. The van der Waals surface area contributed by atoms with E-state index in [4.69, 9.17) is 0 Å². The zero-order valence-corrected chi connectivity index (χ0v) is 9.89. The monoisotopic (exact) mass is 223 g/mol. The smallest absolute Gasteiger partial charge is 0.0598 e. The van der Waals surface area contributed by atoms with Gasteiger partial charge in [0.15, 0.2) is 0 Å². The molecule has 1 N–H and O–H groups in total. The van der Waals surface area contributed by atoms with Crippen molar-refractivity contribution in [2.45, 2.75) is 6.54 Å². The molecule has 0 bridgehead atoms. The lowest BCUT2D eigenvalue weighted by atomic mass is 10.2. The Kier molecular flexibility index (Phi) is 3.86. The summed E-state index contributed by atoms with van der Waals surface area (Å²) in [6.45, 7) is 3.21. The third kappa shape index (κ3) is 2.63. The zero-order chi connectivity index (χ0) is 10.5. The van der Waals surface area contributed by atoms with Crippen molar-refractivity contribution in [1.82, 2.24) is 10.3 Å². The number of nitrogens with zero attached hydrogens (tertiary/aromatic N) is 2. The molecule has 1 saturated heterocycles. The normalized spacial score (nSPS) is 16.7. The number of hydrogen-bond acceptors (Lipinski definition) is 4. The summed E-state index contributed by atoms with van der Waals surface area (Å²) in [4.78, 5) is 6.67. The fraction of sp³-hybridized carbons (Fsp3) is 0.545. The molecule has 0 amide bonds. The molecule has 0 atom stereocenters. The molecule has 2 heterocycles. The van der Waals surface area contributed by atoms with Crippen molar-refractivity contribution in [3.63, 3.8) is 0 Å². The Morgan fingerprint density at radius 1 is 1.47 bits per heavy atom. The van der Waals surface area contributed by atoms with Crippen LogP contribution in [-0.2, 0) is 6.54 Å². The Hall–Kier alpha value is -0.740. The van der Waals surface area contributed by atoms with Crippen LogP contribution in [0.2, 0.25) is 0 Å². The van der Waals surface area contributed by atoms with Crippen molar-refractivity contribution in [2.24, 2.45) is 0 Å². The molecule has 0 aliphatic carbocycles. The van der Waals surface area contributed by atoms with E-state index in [0.29, 0.717) is 0 Å². The largest absolute Gasteiger partial charge is 0.368 e. The fourth-order valence-corrected chi connectivity index (χ4v) is 2.75. The molecule has 82 valence electrons. The molecule has 1 aliphatic rings. The van der Waals surface area contributed by atoms with Crippen molar-refractivity contribution in [2.75, 3.05) is 36.5 Å². The molecule has 2 rings (SSSR count). The second kappa shape index (κ2) is 5.37. The summed E-state index contributed by atoms with van der Waals surface area (Å²) in [6, 6.07) is 2.10. The van der Waals surface area contributed by atoms with E-state index in [1.54, 1.807) is 0 Å². The number of rotatable bonds is 3. The van der Waals surface area contributed by atoms with E-state index in [0.717, 1.165) is 19.6 Å². The van der Waals surface area contributed by atoms with Gasteiger partial charge in [0.05, 0.1) is 11.9 Å². The van der Waals surface area contributed by atoms with Gasteiger partial charge in [0.2, 0.25) is 0 Å². The maximum absolute atomic E-state index is 4.23. The van der Waals surface area contributed by atoms with Gasteiger partial charge >= 0.3 is 0 Å². The summed E-state index contributed by atoms with van der Waals surface area (Å²) >= 11 is 2.03. The maximum Gasteiger partial charge on any atom is 0.0598 e. The van der Waals surface area contributed by atoms with Gasteiger partial charge in [-0.1, -0.05) is 0 Å². The highest BCUT2D eigenvalue weighted by Crippen LogP contribution is 2.22. The van der Waals surface area contributed by atoms with Crippen LogP contribution in [0.1, 0.15) is 5.56 Å². The third-order valence-electron chi connectivity index (χ3n) is 2.61. The Bertz CT molecular complexity index is 310. The molecular weight excluding hydrogens is 206 g/mol. The highest BCUT2D eigenvalue weighted by Gasteiger charge is 2.13. The van der Waals surface area contributed by atoms with Crippen molar-refractivity contribution < 1.29 is 0 Å². The van der Waals surface area contributed by atoms with Crippen molar-refractivity contribution in [3.8, 4) is 0 Å². The molecule has 1 aromatic rings. The van der Waals surface area contributed by atoms with E-state index >= 15 is 0 Å². The van der Waals surface area contributed by atoms with E-state index < -0.39 is 0 Å². The number of thioether (sulfide) groups is 1. The van der Waals surface area contributed by atoms with Crippen molar-refractivity contribution in [1.29, 1.82) is 0 Å². The van der Waals surface area contributed by atoms with Crippen LogP contribution in [0.3, 0.4) is 0 Å². The predicted octanol–water partition coefficient (Wildman–Crippen LogP) is 1.35. The average molecular weight is 223 g/mol. The first-order valence-corrected chi connectivity index (χ1v) is 6.47.